The van der Waals surface area contributed by atoms with Crippen LogP contribution in [0.2, 0.25) is 0 Å². The standard InChI is InChI=1S/C14H20FN/c1-11-8-9-13(10-14(11)15)16-12-6-4-2-3-5-7-12/h8-10,12,16H,2-7H2,1H3. The Morgan fingerprint density at radius 1 is 1.12 bits per heavy atom. The highest BCUT2D eigenvalue weighted by Crippen LogP contribution is 2.22. The van der Waals surface area contributed by atoms with Gasteiger partial charge in [-0.3, -0.25) is 0 Å². The highest BCUT2D eigenvalue weighted by atomic mass is 19.1. The Morgan fingerprint density at radius 2 is 1.81 bits per heavy atom. The van der Waals surface area contributed by atoms with E-state index in [1.54, 1.807) is 13.0 Å². The van der Waals surface area contributed by atoms with Crippen molar-refractivity contribution in [3.63, 3.8) is 0 Å². The number of hydrogen-bond acceptors (Lipinski definition) is 1. The third-order valence-electron chi connectivity index (χ3n) is 3.40. The maximum atomic E-state index is 13.4. The number of halogens is 1. The fraction of sp³-hybridized carbons (Fsp3) is 0.571. The lowest BCUT2D eigenvalue weighted by molar-refractivity contribution is 0.609. The van der Waals surface area contributed by atoms with Crippen molar-refractivity contribution in [1.82, 2.24) is 0 Å². The van der Waals surface area contributed by atoms with Gasteiger partial charge in [-0.15, -0.1) is 0 Å². The highest BCUT2D eigenvalue weighted by Gasteiger charge is 2.12. The Labute approximate surface area is 97.1 Å². The molecule has 16 heavy (non-hydrogen) atoms. The van der Waals surface area contributed by atoms with Crippen LogP contribution in [0.15, 0.2) is 18.2 Å². The van der Waals surface area contributed by atoms with Crippen LogP contribution in [0.5, 0.6) is 0 Å². The maximum absolute atomic E-state index is 13.4. The molecule has 1 fully saturated rings. The molecule has 2 rings (SSSR count). The lowest BCUT2D eigenvalue weighted by Gasteiger charge is -2.17. The molecule has 0 amide bonds. The summed E-state index contributed by atoms with van der Waals surface area (Å²) in [6, 6.07) is 5.96. The lowest BCUT2D eigenvalue weighted by atomic mass is 10.1. The van der Waals surface area contributed by atoms with E-state index < -0.39 is 0 Å². The van der Waals surface area contributed by atoms with Crippen molar-refractivity contribution in [3.05, 3.63) is 29.6 Å². The number of benzene rings is 1. The predicted molar refractivity (Wildman–Crippen MR) is 66.2 cm³/mol. The molecule has 0 saturated heterocycles. The lowest BCUT2D eigenvalue weighted by Crippen LogP contribution is -2.18. The van der Waals surface area contributed by atoms with Gasteiger partial charge in [-0.1, -0.05) is 31.7 Å². The maximum Gasteiger partial charge on any atom is 0.128 e. The Hall–Kier alpha value is -1.05. The summed E-state index contributed by atoms with van der Waals surface area (Å²) >= 11 is 0. The molecule has 0 bridgehead atoms. The molecule has 0 aliphatic heterocycles. The van der Waals surface area contributed by atoms with E-state index in [2.05, 4.69) is 5.32 Å². The molecule has 88 valence electrons. The second-order valence-electron chi connectivity index (χ2n) is 4.80. The molecule has 1 aliphatic carbocycles. The van der Waals surface area contributed by atoms with Crippen LogP contribution in [-0.4, -0.2) is 6.04 Å². The summed E-state index contributed by atoms with van der Waals surface area (Å²) in [5, 5.41) is 3.45. The van der Waals surface area contributed by atoms with Gasteiger partial charge in [0.25, 0.3) is 0 Å². The van der Waals surface area contributed by atoms with Crippen molar-refractivity contribution >= 4 is 5.69 Å². The summed E-state index contributed by atoms with van der Waals surface area (Å²) in [7, 11) is 0. The van der Waals surface area contributed by atoms with Crippen molar-refractivity contribution in [2.24, 2.45) is 0 Å². The molecule has 0 radical (unpaired) electrons. The van der Waals surface area contributed by atoms with Crippen LogP contribution >= 0.6 is 0 Å². The summed E-state index contributed by atoms with van der Waals surface area (Å²) in [6.45, 7) is 1.80. The summed E-state index contributed by atoms with van der Waals surface area (Å²) in [5.41, 5.74) is 1.64. The molecule has 0 atom stereocenters. The van der Waals surface area contributed by atoms with Crippen molar-refractivity contribution in [1.29, 1.82) is 0 Å². The molecule has 1 saturated carbocycles. The fourth-order valence-electron chi connectivity index (χ4n) is 2.34. The topological polar surface area (TPSA) is 12.0 Å². The molecular weight excluding hydrogens is 201 g/mol. The molecule has 0 spiro atoms. The van der Waals surface area contributed by atoms with E-state index in [0.29, 0.717) is 11.6 Å². The minimum absolute atomic E-state index is 0.112. The minimum Gasteiger partial charge on any atom is -0.382 e. The van der Waals surface area contributed by atoms with Crippen molar-refractivity contribution in [3.8, 4) is 0 Å². The van der Waals surface area contributed by atoms with Crippen LogP contribution in [0.1, 0.15) is 44.1 Å². The van der Waals surface area contributed by atoms with Crippen molar-refractivity contribution in [2.45, 2.75) is 51.5 Å². The number of rotatable bonds is 2. The quantitative estimate of drug-likeness (QED) is 0.735. The molecule has 1 aromatic rings. The Bertz CT molecular complexity index is 341. The third kappa shape index (κ3) is 2.97. The van der Waals surface area contributed by atoms with E-state index in [0.717, 1.165) is 5.69 Å². The van der Waals surface area contributed by atoms with Gasteiger partial charge in [-0.25, -0.2) is 4.39 Å². The molecule has 1 N–H and O–H groups in total. The van der Waals surface area contributed by atoms with Crippen molar-refractivity contribution in [2.75, 3.05) is 5.32 Å². The van der Waals surface area contributed by atoms with Crippen LogP contribution in [0.4, 0.5) is 10.1 Å². The number of nitrogens with one attached hydrogen (secondary N) is 1. The molecule has 0 heterocycles. The Balaban J connectivity index is 1.99. The zero-order valence-corrected chi connectivity index (χ0v) is 9.93. The van der Waals surface area contributed by atoms with E-state index in [1.807, 2.05) is 12.1 Å². The van der Waals surface area contributed by atoms with Gasteiger partial charge in [0.1, 0.15) is 5.82 Å². The number of aryl methyl sites for hydroxylation is 1. The number of anilines is 1. The SMILES string of the molecule is Cc1ccc(NC2CCCCCC2)cc1F. The summed E-state index contributed by atoms with van der Waals surface area (Å²) in [4.78, 5) is 0. The first-order chi connectivity index (χ1) is 7.75. The summed E-state index contributed by atoms with van der Waals surface area (Å²) in [6.07, 6.45) is 7.73. The molecule has 1 aromatic carbocycles. The van der Waals surface area contributed by atoms with Gasteiger partial charge in [0.05, 0.1) is 0 Å². The summed E-state index contributed by atoms with van der Waals surface area (Å²) < 4.78 is 13.4. The van der Waals surface area contributed by atoms with E-state index >= 15 is 0 Å². The van der Waals surface area contributed by atoms with E-state index in [-0.39, 0.29) is 5.82 Å². The molecule has 0 aromatic heterocycles. The molecular formula is C14H20FN. The van der Waals surface area contributed by atoms with Crippen LogP contribution in [0.25, 0.3) is 0 Å². The van der Waals surface area contributed by atoms with Crippen LogP contribution < -0.4 is 5.32 Å². The smallest absolute Gasteiger partial charge is 0.128 e. The van der Waals surface area contributed by atoms with Gasteiger partial charge in [0.15, 0.2) is 0 Å². The first kappa shape index (κ1) is 11.4. The van der Waals surface area contributed by atoms with E-state index in [9.17, 15) is 4.39 Å². The van der Waals surface area contributed by atoms with Crippen LogP contribution in [0, 0.1) is 12.7 Å². The zero-order chi connectivity index (χ0) is 11.4. The Kier molecular flexibility index (Phi) is 3.81. The molecule has 2 heteroatoms. The van der Waals surface area contributed by atoms with Crippen molar-refractivity contribution < 1.29 is 4.39 Å². The van der Waals surface area contributed by atoms with Gasteiger partial charge >= 0.3 is 0 Å². The largest absolute Gasteiger partial charge is 0.382 e. The highest BCUT2D eigenvalue weighted by molar-refractivity contribution is 5.45. The predicted octanol–water partition coefficient (Wildman–Crippen LogP) is 4.27. The molecule has 0 unspecified atom stereocenters. The fourth-order valence-corrected chi connectivity index (χ4v) is 2.34. The average Bonchev–Trinajstić information content (AvgIpc) is 2.52. The monoisotopic (exact) mass is 221 g/mol. The summed E-state index contributed by atoms with van der Waals surface area (Å²) in [5.74, 6) is -0.112. The Morgan fingerprint density at radius 3 is 2.44 bits per heavy atom. The van der Waals surface area contributed by atoms with Gasteiger partial charge in [0.2, 0.25) is 0 Å². The van der Waals surface area contributed by atoms with Crippen LogP contribution in [-0.2, 0) is 0 Å². The average molecular weight is 221 g/mol. The number of hydrogen-bond donors (Lipinski definition) is 1. The second kappa shape index (κ2) is 5.33. The van der Waals surface area contributed by atoms with Gasteiger partial charge in [-0.05, 0) is 37.5 Å². The van der Waals surface area contributed by atoms with Gasteiger partial charge in [0, 0.05) is 11.7 Å². The van der Waals surface area contributed by atoms with E-state index in [4.69, 9.17) is 0 Å². The third-order valence-corrected chi connectivity index (χ3v) is 3.40. The zero-order valence-electron chi connectivity index (χ0n) is 9.93. The minimum atomic E-state index is -0.112. The van der Waals surface area contributed by atoms with Gasteiger partial charge < -0.3 is 5.32 Å². The van der Waals surface area contributed by atoms with Crippen LogP contribution in [0.3, 0.4) is 0 Å². The van der Waals surface area contributed by atoms with Gasteiger partial charge in [-0.2, -0.15) is 0 Å². The first-order valence-electron chi connectivity index (χ1n) is 6.28. The first-order valence-corrected chi connectivity index (χ1v) is 6.28. The second-order valence-corrected chi connectivity index (χ2v) is 4.80. The molecule has 1 nitrogen and oxygen atoms in total. The molecule has 1 aliphatic rings. The normalized spacial score (nSPS) is 18.1. The van der Waals surface area contributed by atoms with E-state index in [1.165, 1.54) is 38.5 Å².